The summed E-state index contributed by atoms with van der Waals surface area (Å²) in [7, 11) is 0. The lowest BCUT2D eigenvalue weighted by molar-refractivity contribution is 0.619. The van der Waals surface area contributed by atoms with Crippen LogP contribution >= 0.6 is 11.3 Å². The van der Waals surface area contributed by atoms with Gasteiger partial charge in [0.25, 0.3) is 0 Å². The summed E-state index contributed by atoms with van der Waals surface area (Å²) in [6.45, 7) is 0. The van der Waals surface area contributed by atoms with Crippen molar-refractivity contribution in [2.45, 2.75) is 0 Å². The second-order valence-corrected chi connectivity index (χ2v) is 11.5. The Morgan fingerprint density at radius 1 is 0.450 bits per heavy atom. The summed E-state index contributed by atoms with van der Waals surface area (Å²) in [5, 5.41) is 11.3. The van der Waals surface area contributed by atoms with Crippen LogP contribution in [-0.2, 0) is 0 Å². The molecule has 0 saturated carbocycles. The average molecular weight is 527 g/mol. The number of hydrogen-bond acceptors (Lipinski definition) is 2. The van der Waals surface area contributed by atoms with Crippen LogP contribution in [0.25, 0.3) is 85.7 Å². The first-order valence-corrected chi connectivity index (χ1v) is 14.4. The highest BCUT2D eigenvalue weighted by atomic mass is 32.1. The van der Waals surface area contributed by atoms with Gasteiger partial charge in [0.1, 0.15) is 0 Å². The van der Waals surface area contributed by atoms with Gasteiger partial charge in [0.2, 0.25) is 0 Å². The molecule has 1 nitrogen and oxygen atoms in total. The second-order valence-electron chi connectivity index (χ2n) is 10.5. The monoisotopic (exact) mass is 526 g/mol. The molecule has 40 heavy (non-hydrogen) atoms. The third kappa shape index (κ3) is 3.03. The molecule has 0 N–H and O–H groups in total. The molecule has 0 spiro atoms. The van der Waals surface area contributed by atoms with Crippen LogP contribution in [0.15, 0.2) is 138 Å². The van der Waals surface area contributed by atoms with E-state index in [-0.39, 0.29) is 0 Å². The van der Waals surface area contributed by atoms with Crippen LogP contribution in [0.4, 0.5) is 0 Å². The molecule has 0 aliphatic rings. The van der Waals surface area contributed by atoms with Crippen LogP contribution in [0.5, 0.6) is 0 Å². The Labute approximate surface area is 234 Å². The largest absolute Gasteiger partial charge is 0.463 e. The molecular weight excluding hydrogens is 504 g/mol. The minimum Gasteiger partial charge on any atom is -0.463 e. The Bertz CT molecular complexity index is 2380. The zero-order chi connectivity index (χ0) is 26.2. The number of hydrogen-bond donors (Lipinski definition) is 0. The summed E-state index contributed by atoms with van der Waals surface area (Å²) in [4.78, 5) is 0. The molecule has 9 aromatic rings. The van der Waals surface area contributed by atoms with Crippen LogP contribution in [0, 0.1) is 0 Å². The lowest BCUT2D eigenvalue weighted by Crippen LogP contribution is -1.91. The summed E-state index contributed by atoms with van der Waals surface area (Å²) in [5.74, 6) is 0. The van der Waals surface area contributed by atoms with Gasteiger partial charge < -0.3 is 4.42 Å². The van der Waals surface area contributed by atoms with Crippen molar-refractivity contribution in [2.24, 2.45) is 0 Å². The Morgan fingerprint density at radius 3 is 1.88 bits per heavy atom. The molecule has 2 heteroatoms. The zero-order valence-corrected chi connectivity index (χ0v) is 22.3. The fourth-order valence-corrected chi connectivity index (χ4v) is 7.83. The molecule has 0 atom stereocenters. The van der Waals surface area contributed by atoms with Crippen molar-refractivity contribution < 1.29 is 4.42 Å². The topological polar surface area (TPSA) is 13.1 Å². The van der Waals surface area contributed by atoms with Crippen molar-refractivity contribution >= 4 is 74.8 Å². The molecule has 0 radical (unpaired) electrons. The smallest absolute Gasteiger partial charge is 0.151 e. The maximum absolute atomic E-state index is 5.89. The van der Waals surface area contributed by atoms with E-state index in [9.17, 15) is 0 Å². The van der Waals surface area contributed by atoms with Gasteiger partial charge >= 0.3 is 0 Å². The van der Waals surface area contributed by atoms with E-state index in [4.69, 9.17) is 4.42 Å². The van der Waals surface area contributed by atoms with Gasteiger partial charge in [-0.05, 0) is 66.7 Å². The number of furan rings is 1. The first-order chi connectivity index (χ1) is 19.8. The lowest BCUT2D eigenvalue weighted by atomic mass is 9.84. The minimum absolute atomic E-state index is 0.982. The van der Waals surface area contributed by atoms with Crippen molar-refractivity contribution in [1.82, 2.24) is 0 Å². The fourth-order valence-electron chi connectivity index (χ4n) is 6.59. The minimum atomic E-state index is 0.982. The van der Waals surface area contributed by atoms with Crippen molar-refractivity contribution in [2.75, 3.05) is 0 Å². The predicted molar refractivity (Wildman–Crippen MR) is 172 cm³/mol. The molecule has 0 fully saturated rings. The molecule has 0 bridgehead atoms. The van der Waals surface area contributed by atoms with E-state index in [0.29, 0.717) is 0 Å². The number of benzene rings is 7. The van der Waals surface area contributed by atoms with E-state index in [1.807, 2.05) is 17.4 Å². The first kappa shape index (κ1) is 22.0. The zero-order valence-electron chi connectivity index (χ0n) is 21.5. The SMILES string of the molecule is c1ccc2c(-c3c4ccccc4c(-c4ccc5c(c4)sc4c5ccc5ccoc54)c4ccccc34)cccc2c1. The third-order valence-electron chi connectivity index (χ3n) is 8.34. The molecule has 2 aromatic heterocycles. The normalized spacial score (nSPS) is 12.0. The van der Waals surface area contributed by atoms with Gasteiger partial charge in [-0.15, -0.1) is 11.3 Å². The van der Waals surface area contributed by atoms with Gasteiger partial charge in [-0.3, -0.25) is 0 Å². The van der Waals surface area contributed by atoms with Gasteiger partial charge in [0, 0.05) is 20.9 Å². The Morgan fingerprint density at radius 2 is 1.10 bits per heavy atom. The quantitative estimate of drug-likeness (QED) is 0.204. The Balaban J connectivity index is 1.39. The number of rotatable bonds is 2. The van der Waals surface area contributed by atoms with Gasteiger partial charge in [-0.1, -0.05) is 115 Å². The predicted octanol–water partition coefficient (Wildman–Crippen LogP) is 11.6. The molecule has 0 saturated heterocycles. The third-order valence-corrected chi connectivity index (χ3v) is 9.51. The van der Waals surface area contributed by atoms with E-state index >= 15 is 0 Å². The Hall–Kier alpha value is -4.92. The first-order valence-electron chi connectivity index (χ1n) is 13.6. The highest BCUT2D eigenvalue weighted by Crippen LogP contribution is 2.47. The van der Waals surface area contributed by atoms with Crippen LogP contribution in [0.1, 0.15) is 0 Å². The summed E-state index contributed by atoms with van der Waals surface area (Å²) < 4.78 is 8.39. The summed E-state index contributed by atoms with van der Waals surface area (Å²) in [5.41, 5.74) is 6.09. The van der Waals surface area contributed by atoms with E-state index in [2.05, 4.69) is 121 Å². The van der Waals surface area contributed by atoms with E-state index in [1.54, 1.807) is 6.26 Å². The van der Waals surface area contributed by atoms with E-state index < -0.39 is 0 Å². The molecule has 2 heterocycles. The van der Waals surface area contributed by atoms with Gasteiger partial charge in [-0.2, -0.15) is 0 Å². The highest BCUT2D eigenvalue weighted by Gasteiger charge is 2.19. The maximum Gasteiger partial charge on any atom is 0.151 e. The number of thiophene rings is 1. The van der Waals surface area contributed by atoms with Crippen LogP contribution < -0.4 is 0 Å². The summed E-state index contributed by atoms with van der Waals surface area (Å²) in [6.07, 6.45) is 1.79. The molecule has 0 aliphatic carbocycles. The summed E-state index contributed by atoms with van der Waals surface area (Å²) in [6, 6.07) is 46.6. The lowest BCUT2D eigenvalue weighted by Gasteiger charge is -2.18. The van der Waals surface area contributed by atoms with E-state index in [0.717, 1.165) is 11.0 Å². The van der Waals surface area contributed by atoms with Crippen molar-refractivity contribution in [1.29, 1.82) is 0 Å². The highest BCUT2D eigenvalue weighted by molar-refractivity contribution is 7.26. The van der Waals surface area contributed by atoms with Crippen molar-refractivity contribution in [3.05, 3.63) is 134 Å². The van der Waals surface area contributed by atoms with Gasteiger partial charge in [0.15, 0.2) is 5.58 Å². The van der Waals surface area contributed by atoms with Crippen LogP contribution in [0.2, 0.25) is 0 Å². The molecular formula is C38H22OS. The van der Waals surface area contributed by atoms with Gasteiger partial charge in [-0.25, -0.2) is 0 Å². The second kappa shape index (κ2) is 8.29. The molecule has 0 aliphatic heterocycles. The van der Waals surface area contributed by atoms with Crippen LogP contribution in [-0.4, -0.2) is 0 Å². The molecule has 186 valence electrons. The molecule has 0 amide bonds. The van der Waals surface area contributed by atoms with E-state index in [1.165, 1.54) is 74.7 Å². The maximum atomic E-state index is 5.89. The molecule has 9 rings (SSSR count). The van der Waals surface area contributed by atoms with Crippen molar-refractivity contribution in [3.8, 4) is 22.3 Å². The molecule has 7 aromatic carbocycles. The average Bonchev–Trinajstić information content (AvgIpc) is 3.64. The summed E-state index contributed by atoms with van der Waals surface area (Å²) >= 11 is 1.82. The standard InChI is InChI=1S/C38H22OS/c1-2-10-26-23(8-1)9-7-15-28(26)36-31-13-5-3-11-29(31)35(30-12-4-6-14-32(30)36)25-17-18-27-33-19-16-24-20-21-39-37(24)38(33)40-34(27)22-25/h1-22H. The van der Waals surface area contributed by atoms with Crippen LogP contribution in [0.3, 0.4) is 0 Å². The van der Waals surface area contributed by atoms with Crippen molar-refractivity contribution in [3.63, 3.8) is 0 Å². The Kier molecular flexibility index (Phi) is 4.55. The van der Waals surface area contributed by atoms with Gasteiger partial charge in [0.05, 0.1) is 11.0 Å². The fraction of sp³-hybridized carbons (Fsp3) is 0. The molecule has 0 unspecified atom stereocenters. The number of fused-ring (bicyclic) bond motifs is 8.